The Morgan fingerprint density at radius 3 is 2.50 bits per heavy atom. The largest absolute Gasteiger partial charge is 0.490 e. The molecule has 1 aromatic carbocycles. The number of ether oxygens (including phenoxy) is 2. The molecule has 0 radical (unpaired) electrons. The first-order valence-corrected chi connectivity index (χ1v) is 6.37. The van der Waals surface area contributed by atoms with Crippen LogP contribution < -0.4 is 9.47 Å². The fourth-order valence-corrected chi connectivity index (χ4v) is 1.84. The van der Waals surface area contributed by atoms with Crippen LogP contribution in [0.1, 0.15) is 17.9 Å². The van der Waals surface area contributed by atoms with Gasteiger partial charge < -0.3 is 14.4 Å². The summed E-state index contributed by atoms with van der Waals surface area (Å²) in [6, 6.07) is 4.20. The molecule has 0 N–H and O–H groups in total. The molecule has 7 heteroatoms. The van der Waals surface area contributed by atoms with Gasteiger partial charge in [0.1, 0.15) is 5.38 Å². The molecule has 0 aromatic heterocycles. The molecule has 1 aromatic rings. The van der Waals surface area contributed by atoms with Gasteiger partial charge in [-0.1, -0.05) is 6.07 Å². The smallest absolute Gasteiger partial charge is 0.387 e. The normalized spacial score (nSPS) is 12.2. The SMILES string of the molecule is CCOc1cc(C(Cl)C(=O)N(C)C)ccc1OC(F)F. The number of halogens is 3. The molecule has 0 fully saturated rings. The number of likely N-dealkylation sites (N-methyl/N-ethyl adjacent to an activating group) is 1. The summed E-state index contributed by atoms with van der Waals surface area (Å²) in [5, 5.41) is -0.912. The van der Waals surface area contributed by atoms with Crippen LogP contribution in [0.4, 0.5) is 8.78 Å². The molecular formula is C13H16ClF2NO3. The number of hydrogen-bond donors (Lipinski definition) is 0. The predicted molar refractivity (Wildman–Crippen MR) is 71.5 cm³/mol. The maximum atomic E-state index is 12.3. The summed E-state index contributed by atoms with van der Waals surface area (Å²) in [5.74, 6) is -0.272. The Balaban J connectivity index is 3.06. The predicted octanol–water partition coefficient (Wildman–Crippen LogP) is 3.05. The van der Waals surface area contributed by atoms with Crippen LogP contribution in [0.2, 0.25) is 0 Å². The zero-order valence-electron chi connectivity index (χ0n) is 11.4. The second-order valence-electron chi connectivity index (χ2n) is 4.11. The second-order valence-corrected chi connectivity index (χ2v) is 4.55. The first-order chi connectivity index (χ1) is 9.36. The molecule has 1 rings (SSSR count). The van der Waals surface area contributed by atoms with Crippen LogP contribution in [0, 0.1) is 0 Å². The minimum atomic E-state index is -2.95. The van der Waals surface area contributed by atoms with Crippen molar-refractivity contribution >= 4 is 17.5 Å². The standard InChI is InChI=1S/C13H16ClF2NO3/c1-4-19-10-7-8(11(14)12(18)17(2)3)5-6-9(10)20-13(15)16/h5-7,11,13H,4H2,1-3H3. The van der Waals surface area contributed by atoms with E-state index in [0.29, 0.717) is 5.56 Å². The third-order valence-corrected chi connectivity index (χ3v) is 2.87. The van der Waals surface area contributed by atoms with Gasteiger partial charge in [-0.05, 0) is 24.6 Å². The Bertz CT molecular complexity index is 469. The van der Waals surface area contributed by atoms with E-state index in [2.05, 4.69) is 4.74 Å². The van der Waals surface area contributed by atoms with Gasteiger partial charge in [-0.3, -0.25) is 4.79 Å². The fourth-order valence-electron chi connectivity index (χ4n) is 1.51. The molecule has 4 nitrogen and oxygen atoms in total. The molecule has 0 saturated heterocycles. The summed E-state index contributed by atoms with van der Waals surface area (Å²) in [4.78, 5) is 13.1. The first kappa shape index (κ1) is 16.5. The molecule has 0 heterocycles. The van der Waals surface area contributed by atoms with Crippen LogP contribution in [0.15, 0.2) is 18.2 Å². The van der Waals surface area contributed by atoms with Gasteiger partial charge in [-0.2, -0.15) is 8.78 Å². The van der Waals surface area contributed by atoms with E-state index >= 15 is 0 Å². The number of rotatable bonds is 6. The van der Waals surface area contributed by atoms with E-state index < -0.39 is 12.0 Å². The minimum Gasteiger partial charge on any atom is -0.490 e. The molecule has 0 spiro atoms. The van der Waals surface area contributed by atoms with Gasteiger partial charge in [-0.25, -0.2) is 0 Å². The number of benzene rings is 1. The molecule has 0 aliphatic carbocycles. The number of carbonyl (C=O) groups is 1. The highest BCUT2D eigenvalue weighted by Gasteiger charge is 2.21. The molecule has 0 saturated carbocycles. The highest BCUT2D eigenvalue weighted by molar-refractivity contribution is 6.30. The van der Waals surface area contributed by atoms with Crippen LogP contribution >= 0.6 is 11.6 Å². The lowest BCUT2D eigenvalue weighted by Gasteiger charge is -2.17. The maximum absolute atomic E-state index is 12.3. The van der Waals surface area contributed by atoms with Crippen LogP contribution in [-0.2, 0) is 4.79 Å². The third kappa shape index (κ3) is 4.23. The monoisotopic (exact) mass is 307 g/mol. The van der Waals surface area contributed by atoms with Crippen LogP contribution in [0.5, 0.6) is 11.5 Å². The van der Waals surface area contributed by atoms with Gasteiger partial charge >= 0.3 is 6.61 Å². The van der Waals surface area contributed by atoms with E-state index in [1.165, 1.54) is 23.1 Å². The second kappa shape index (κ2) is 7.28. The van der Waals surface area contributed by atoms with Crippen molar-refractivity contribution in [1.82, 2.24) is 4.90 Å². The van der Waals surface area contributed by atoms with E-state index in [4.69, 9.17) is 16.3 Å². The molecule has 1 unspecified atom stereocenters. The van der Waals surface area contributed by atoms with Crippen molar-refractivity contribution < 1.29 is 23.0 Å². The van der Waals surface area contributed by atoms with E-state index in [0.717, 1.165) is 0 Å². The molecule has 112 valence electrons. The van der Waals surface area contributed by atoms with Crippen molar-refractivity contribution in [1.29, 1.82) is 0 Å². The summed E-state index contributed by atoms with van der Waals surface area (Å²) in [7, 11) is 3.16. The van der Waals surface area contributed by atoms with Gasteiger partial charge in [0.05, 0.1) is 6.61 Å². The molecule has 0 aliphatic heterocycles. The quantitative estimate of drug-likeness (QED) is 0.758. The van der Waals surface area contributed by atoms with Gasteiger partial charge in [0.2, 0.25) is 5.91 Å². The summed E-state index contributed by atoms with van der Waals surface area (Å²) in [6.45, 7) is -0.963. The Labute approximate surface area is 121 Å². The van der Waals surface area contributed by atoms with Crippen molar-refractivity contribution in [2.24, 2.45) is 0 Å². The number of hydrogen-bond acceptors (Lipinski definition) is 3. The van der Waals surface area contributed by atoms with Gasteiger partial charge in [0, 0.05) is 14.1 Å². The van der Waals surface area contributed by atoms with Crippen LogP contribution in [0.3, 0.4) is 0 Å². The zero-order valence-corrected chi connectivity index (χ0v) is 12.2. The Morgan fingerprint density at radius 2 is 2.00 bits per heavy atom. The zero-order chi connectivity index (χ0) is 15.3. The number of carbonyl (C=O) groups excluding carboxylic acids is 1. The molecule has 0 aliphatic rings. The summed E-state index contributed by atoms with van der Waals surface area (Å²) in [6.07, 6.45) is 0. The van der Waals surface area contributed by atoms with E-state index in [-0.39, 0.29) is 24.0 Å². The van der Waals surface area contributed by atoms with Crippen LogP contribution in [0.25, 0.3) is 0 Å². The molecular weight excluding hydrogens is 292 g/mol. The lowest BCUT2D eigenvalue weighted by Crippen LogP contribution is -2.25. The Hall–Kier alpha value is -1.56. The molecule has 1 atom stereocenters. The third-order valence-electron chi connectivity index (χ3n) is 2.43. The average molecular weight is 308 g/mol. The average Bonchev–Trinajstić information content (AvgIpc) is 2.38. The highest BCUT2D eigenvalue weighted by atomic mass is 35.5. The molecule has 1 amide bonds. The minimum absolute atomic E-state index is 0.0910. The van der Waals surface area contributed by atoms with Gasteiger partial charge in [0.15, 0.2) is 11.5 Å². The topological polar surface area (TPSA) is 38.8 Å². The van der Waals surface area contributed by atoms with E-state index in [1.807, 2.05) is 0 Å². The van der Waals surface area contributed by atoms with Crippen molar-refractivity contribution in [3.8, 4) is 11.5 Å². The number of alkyl halides is 3. The Morgan fingerprint density at radius 1 is 1.35 bits per heavy atom. The summed E-state index contributed by atoms with van der Waals surface area (Å²) < 4.78 is 34.1. The van der Waals surface area contributed by atoms with E-state index in [1.54, 1.807) is 21.0 Å². The van der Waals surface area contributed by atoms with Crippen molar-refractivity contribution in [3.05, 3.63) is 23.8 Å². The summed E-state index contributed by atoms with van der Waals surface area (Å²) >= 11 is 6.05. The molecule has 20 heavy (non-hydrogen) atoms. The highest BCUT2D eigenvalue weighted by Crippen LogP contribution is 2.34. The molecule has 0 bridgehead atoms. The van der Waals surface area contributed by atoms with Crippen molar-refractivity contribution in [3.63, 3.8) is 0 Å². The van der Waals surface area contributed by atoms with E-state index in [9.17, 15) is 13.6 Å². The maximum Gasteiger partial charge on any atom is 0.387 e. The van der Waals surface area contributed by atoms with Gasteiger partial charge in [0.25, 0.3) is 0 Å². The first-order valence-electron chi connectivity index (χ1n) is 5.93. The fraction of sp³-hybridized carbons (Fsp3) is 0.462. The number of amides is 1. The van der Waals surface area contributed by atoms with Crippen LogP contribution in [-0.4, -0.2) is 38.1 Å². The summed E-state index contributed by atoms with van der Waals surface area (Å²) in [5.41, 5.74) is 0.454. The lowest BCUT2D eigenvalue weighted by molar-refractivity contribution is -0.128. The van der Waals surface area contributed by atoms with Gasteiger partial charge in [-0.15, -0.1) is 11.6 Å². The van der Waals surface area contributed by atoms with Crippen molar-refractivity contribution in [2.45, 2.75) is 18.9 Å². The lowest BCUT2D eigenvalue weighted by atomic mass is 10.1. The Kier molecular flexibility index (Phi) is 6.01. The number of nitrogens with zero attached hydrogens (tertiary/aromatic N) is 1. The van der Waals surface area contributed by atoms with Crippen molar-refractivity contribution in [2.75, 3.05) is 20.7 Å².